The van der Waals surface area contributed by atoms with Gasteiger partial charge < -0.3 is 29.7 Å². The zero-order chi connectivity index (χ0) is 26.5. The smallest absolute Gasteiger partial charge is 0.230 e. The molecule has 0 saturated heterocycles. The molecule has 2 N–H and O–H groups in total. The SMILES string of the molecule is CCCCN(CCCC)CCCNC(=S)Nc1ccc(Oc2ncnc3cc(OC)c(OC)cc23)cc1. The van der Waals surface area contributed by atoms with Crippen molar-refractivity contribution in [1.29, 1.82) is 0 Å². The molecular weight excluding hydrogens is 486 g/mol. The van der Waals surface area contributed by atoms with Crippen LogP contribution < -0.4 is 24.8 Å². The van der Waals surface area contributed by atoms with Gasteiger partial charge in [-0.05, 0) is 81.4 Å². The van der Waals surface area contributed by atoms with Gasteiger partial charge in [-0.3, -0.25) is 0 Å². The van der Waals surface area contributed by atoms with Crippen LogP contribution in [0.25, 0.3) is 10.9 Å². The molecule has 3 rings (SSSR count). The highest BCUT2D eigenvalue weighted by Gasteiger charge is 2.12. The number of rotatable bonds is 15. The highest BCUT2D eigenvalue weighted by molar-refractivity contribution is 7.80. The lowest BCUT2D eigenvalue weighted by atomic mass is 10.2. The summed E-state index contributed by atoms with van der Waals surface area (Å²) in [5.74, 6) is 2.28. The third-order valence-corrected chi connectivity index (χ3v) is 6.27. The Labute approximate surface area is 225 Å². The van der Waals surface area contributed by atoms with Crippen molar-refractivity contribution in [2.75, 3.05) is 45.7 Å². The minimum atomic E-state index is 0.441. The lowest BCUT2D eigenvalue weighted by Gasteiger charge is -2.22. The Morgan fingerprint density at radius 3 is 2.19 bits per heavy atom. The van der Waals surface area contributed by atoms with Gasteiger partial charge in [0.2, 0.25) is 5.88 Å². The molecule has 8 nitrogen and oxygen atoms in total. The first-order chi connectivity index (χ1) is 18.1. The van der Waals surface area contributed by atoms with Gasteiger partial charge in [0.15, 0.2) is 16.6 Å². The third kappa shape index (κ3) is 8.72. The Balaban J connectivity index is 1.51. The lowest BCUT2D eigenvalue weighted by Crippen LogP contribution is -2.33. The van der Waals surface area contributed by atoms with E-state index in [1.165, 1.54) is 45.1 Å². The normalized spacial score (nSPS) is 10.9. The minimum absolute atomic E-state index is 0.441. The van der Waals surface area contributed by atoms with Crippen molar-refractivity contribution >= 4 is 33.9 Å². The molecule has 0 atom stereocenters. The van der Waals surface area contributed by atoms with Crippen LogP contribution in [-0.4, -0.2) is 60.4 Å². The van der Waals surface area contributed by atoms with Crippen molar-refractivity contribution in [2.45, 2.75) is 46.0 Å². The molecule has 1 heterocycles. The van der Waals surface area contributed by atoms with Gasteiger partial charge in [-0.2, -0.15) is 0 Å². The van der Waals surface area contributed by atoms with E-state index in [0.717, 1.165) is 30.6 Å². The van der Waals surface area contributed by atoms with Crippen molar-refractivity contribution < 1.29 is 14.2 Å². The van der Waals surface area contributed by atoms with E-state index >= 15 is 0 Å². The number of methoxy groups -OCH3 is 2. The molecule has 3 aromatic rings. The first kappa shape index (κ1) is 28.4. The van der Waals surface area contributed by atoms with Crippen LogP contribution >= 0.6 is 12.2 Å². The molecule has 0 aliphatic rings. The topological polar surface area (TPSA) is 80.8 Å². The van der Waals surface area contributed by atoms with Gasteiger partial charge in [0.1, 0.15) is 12.1 Å². The van der Waals surface area contributed by atoms with E-state index in [-0.39, 0.29) is 0 Å². The molecule has 0 spiro atoms. The Morgan fingerprint density at radius 2 is 1.54 bits per heavy atom. The van der Waals surface area contributed by atoms with Crippen LogP contribution in [0.4, 0.5) is 5.69 Å². The standard InChI is InChI=1S/C28H39N5O3S/c1-5-7-15-33(16-8-6-2)17-9-14-29-28(37)32-21-10-12-22(13-11-21)36-27-23-18-25(34-3)26(35-4)19-24(23)30-20-31-27/h10-13,18-20H,5-9,14-17H2,1-4H3,(H2,29,32,37). The monoisotopic (exact) mass is 525 g/mol. The number of fused-ring (bicyclic) bond motifs is 1. The van der Waals surface area contributed by atoms with Crippen LogP contribution in [-0.2, 0) is 0 Å². The number of nitrogens with one attached hydrogen (secondary N) is 2. The predicted octanol–water partition coefficient (Wildman–Crippen LogP) is 6.02. The Kier molecular flexibility index (Phi) is 11.6. The van der Waals surface area contributed by atoms with E-state index in [2.05, 4.69) is 39.3 Å². The Hall–Kier alpha value is -3.17. The molecule has 0 radical (unpaired) electrons. The number of thiocarbonyl (C=S) groups is 1. The second kappa shape index (κ2) is 15.2. The van der Waals surface area contributed by atoms with Crippen LogP contribution in [0.5, 0.6) is 23.1 Å². The second-order valence-corrected chi connectivity index (χ2v) is 9.22. The van der Waals surface area contributed by atoms with E-state index in [9.17, 15) is 0 Å². The number of ether oxygens (including phenoxy) is 3. The van der Waals surface area contributed by atoms with Crippen molar-refractivity contribution in [3.05, 3.63) is 42.7 Å². The summed E-state index contributed by atoms with van der Waals surface area (Å²) < 4.78 is 16.8. The van der Waals surface area contributed by atoms with E-state index in [1.807, 2.05) is 30.3 Å². The average Bonchev–Trinajstić information content (AvgIpc) is 2.92. The first-order valence-corrected chi connectivity index (χ1v) is 13.4. The molecule has 9 heteroatoms. The van der Waals surface area contributed by atoms with Crippen LogP contribution in [0.1, 0.15) is 46.0 Å². The summed E-state index contributed by atoms with van der Waals surface area (Å²) in [6.07, 6.45) is 7.51. The molecule has 1 aromatic heterocycles. The van der Waals surface area contributed by atoms with Gasteiger partial charge in [-0.1, -0.05) is 26.7 Å². The highest BCUT2D eigenvalue weighted by atomic mass is 32.1. The van der Waals surface area contributed by atoms with E-state index in [0.29, 0.717) is 33.8 Å². The summed E-state index contributed by atoms with van der Waals surface area (Å²) in [7, 11) is 3.19. The molecule has 0 aliphatic heterocycles. The van der Waals surface area contributed by atoms with Gasteiger partial charge in [0.05, 0.1) is 25.1 Å². The maximum Gasteiger partial charge on any atom is 0.230 e. The number of nitrogens with zero attached hydrogens (tertiary/aromatic N) is 3. The number of hydrogen-bond donors (Lipinski definition) is 2. The summed E-state index contributed by atoms with van der Waals surface area (Å²) in [5, 5.41) is 7.91. The largest absolute Gasteiger partial charge is 0.493 e. The van der Waals surface area contributed by atoms with Crippen LogP contribution in [0, 0.1) is 0 Å². The molecule has 0 saturated carbocycles. The number of anilines is 1. The summed E-state index contributed by atoms with van der Waals surface area (Å²) in [4.78, 5) is 11.2. The Morgan fingerprint density at radius 1 is 0.892 bits per heavy atom. The maximum absolute atomic E-state index is 6.05. The summed E-state index contributed by atoms with van der Waals surface area (Å²) in [6, 6.07) is 11.2. The van der Waals surface area contributed by atoms with E-state index < -0.39 is 0 Å². The zero-order valence-corrected chi connectivity index (χ0v) is 23.2. The van der Waals surface area contributed by atoms with Crippen molar-refractivity contribution in [2.24, 2.45) is 0 Å². The summed E-state index contributed by atoms with van der Waals surface area (Å²) in [5.41, 5.74) is 1.59. The fourth-order valence-electron chi connectivity index (χ4n) is 3.94. The van der Waals surface area contributed by atoms with Crippen LogP contribution in [0.15, 0.2) is 42.7 Å². The molecular formula is C28H39N5O3S. The molecule has 2 aromatic carbocycles. The molecule has 0 aliphatic carbocycles. The number of benzene rings is 2. The minimum Gasteiger partial charge on any atom is -0.493 e. The van der Waals surface area contributed by atoms with Crippen LogP contribution in [0.3, 0.4) is 0 Å². The van der Waals surface area contributed by atoms with Gasteiger partial charge >= 0.3 is 0 Å². The number of aromatic nitrogens is 2. The van der Waals surface area contributed by atoms with Gasteiger partial charge in [0.25, 0.3) is 0 Å². The van der Waals surface area contributed by atoms with Crippen LogP contribution in [0.2, 0.25) is 0 Å². The van der Waals surface area contributed by atoms with E-state index in [4.69, 9.17) is 26.4 Å². The lowest BCUT2D eigenvalue weighted by molar-refractivity contribution is 0.262. The van der Waals surface area contributed by atoms with Crippen molar-refractivity contribution in [3.8, 4) is 23.1 Å². The number of unbranched alkanes of at least 4 members (excludes halogenated alkanes) is 2. The first-order valence-electron chi connectivity index (χ1n) is 13.0. The van der Waals surface area contributed by atoms with Crippen molar-refractivity contribution in [1.82, 2.24) is 20.2 Å². The molecule has 37 heavy (non-hydrogen) atoms. The van der Waals surface area contributed by atoms with Crippen molar-refractivity contribution in [3.63, 3.8) is 0 Å². The molecule has 0 fully saturated rings. The molecule has 200 valence electrons. The third-order valence-electron chi connectivity index (χ3n) is 6.02. The summed E-state index contributed by atoms with van der Waals surface area (Å²) >= 11 is 5.48. The Bertz CT molecular complexity index is 1120. The molecule has 0 bridgehead atoms. The average molecular weight is 526 g/mol. The maximum atomic E-state index is 6.05. The molecule has 0 unspecified atom stereocenters. The predicted molar refractivity (Wildman–Crippen MR) is 154 cm³/mol. The quantitative estimate of drug-likeness (QED) is 0.183. The summed E-state index contributed by atoms with van der Waals surface area (Å²) in [6.45, 7) is 8.79. The second-order valence-electron chi connectivity index (χ2n) is 8.81. The van der Waals surface area contributed by atoms with Gasteiger partial charge in [-0.25, -0.2) is 9.97 Å². The fraction of sp³-hybridized carbons (Fsp3) is 0.464. The van der Waals surface area contributed by atoms with Gasteiger partial charge in [0, 0.05) is 18.3 Å². The fourth-order valence-corrected chi connectivity index (χ4v) is 4.16. The molecule has 0 amide bonds. The zero-order valence-electron chi connectivity index (χ0n) is 22.4. The van der Waals surface area contributed by atoms with E-state index in [1.54, 1.807) is 20.3 Å². The van der Waals surface area contributed by atoms with Gasteiger partial charge in [-0.15, -0.1) is 0 Å². The number of hydrogen-bond acceptors (Lipinski definition) is 7. The highest BCUT2D eigenvalue weighted by Crippen LogP contribution is 2.35.